The molecule has 2 heterocycles. The van der Waals surface area contributed by atoms with E-state index < -0.39 is 0 Å². The standard InChI is InChI=1S/C21H25ClN4O3/c1-3-11-25(18(27)4-2)14-19(28)26-12-6-5-10-17(26)21-23-20(24-29-21)15-8-7-9-16(22)13-15/h3,7-9,13,17H,1,4-6,10-12,14H2,2H3. The summed E-state index contributed by atoms with van der Waals surface area (Å²) in [5.41, 5.74) is 0.756. The van der Waals surface area contributed by atoms with Crippen molar-refractivity contribution in [2.75, 3.05) is 19.6 Å². The third-order valence-electron chi connectivity index (χ3n) is 4.96. The van der Waals surface area contributed by atoms with Crippen LogP contribution in [0.1, 0.15) is 44.5 Å². The number of piperidine rings is 1. The van der Waals surface area contributed by atoms with Gasteiger partial charge in [-0.25, -0.2) is 0 Å². The van der Waals surface area contributed by atoms with Crippen LogP contribution in [0.5, 0.6) is 0 Å². The molecule has 3 rings (SSSR count). The maximum Gasteiger partial charge on any atom is 0.249 e. The van der Waals surface area contributed by atoms with Crippen molar-refractivity contribution in [2.24, 2.45) is 0 Å². The molecule has 0 N–H and O–H groups in total. The van der Waals surface area contributed by atoms with Gasteiger partial charge in [0.25, 0.3) is 0 Å². The maximum atomic E-state index is 13.0. The Bertz CT molecular complexity index is 882. The first-order valence-electron chi connectivity index (χ1n) is 9.81. The summed E-state index contributed by atoms with van der Waals surface area (Å²) >= 11 is 6.05. The summed E-state index contributed by atoms with van der Waals surface area (Å²) in [6.07, 6.45) is 4.58. The fourth-order valence-electron chi connectivity index (χ4n) is 3.49. The number of carbonyl (C=O) groups excluding carboxylic acids is 2. The van der Waals surface area contributed by atoms with Gasteiger partial charge in [-0.1, -0.05) is 41.9 Å². The Morgan fingerprint density at radius 2 is 2.24 bits per heavy atom. The second-order valence-corrected chi connectivity index (χ2v) is 7.42. The number of hydrogen-bond donors (Lipinski definition) is 0. The summed E-state index contributed by atoms with van der Waals surface area (Å²) in [7, 11) is 0. The predicted octanol–water partition coefficient (Wildman–Crippen LogP) is 3.87. The highest BCUT2D eigenvalue weighted by atomic mass is 35.5. The van der Waals surface area contributed by atoms with E-state index in [-0.39, 0.29) is 24.4 Å². The van der Waals surface area contributed by atoms with Gasteiger partial charge in [0.1, 0.15) is 12.6 Å². The van der Waals surface area contributed by atoms with Crippen molar-refractivity contribution in [1.82, 2.24) is 19.9 Å². The highest BCUT2D eigenvalue weighted by Gasteiger charge is 2.33. The van der Waals surface area contributed by atoms with Crippen molar-refractivity contribution in [3.63, 3.8) is 0 Å². The van der Waals surface area contributed by atoms with Crippen LogP contribution in [0.2, 0.25) is 5.02 Å². The number of nitrogens with zero attached hydrogens (tertiary/aromatic N) is 4. The Balaban J connectivity index is 1.78. The number of benzene rings is 1. The molecule has 1 fully saturated rings. The molecule has 0 bridgehead atoms. The van der Waals surface area contributed by atoms with E-state index in [1.165, 1.54) is 4.90 Å². The minimum atomic E-state index is -0.293. The molecule has 1 aliphatic rings. The Labute approximate surface area is 175 Å². The van der Waals surface area contributed by atoms with E-state index in [0.29, 0.717) is 36.2 Å². The van der Waals surface area contributed by atoms with Crippen LogP contribution in [0.15, 0.2) is 41.4 Å². The molecule has 1 aliphatic heterocycles. The third-order valence-corrected chi connectivity index (χ3v) is 5.20. The molecular formula is C21H25ClN4O3. The lowest BCUT2D eigenvalue weighted by atomic mass is 10.0. The maximum absolute atomic E-state index is 13.0. The molecule has 8 heteroatoms. The van der Waals surface area contributed by atoms with Crippen LogP contribution in [-0.4, -0.2) is 51.4 Å². The van der Waals surface area contributed by atoms with E-state index in [1.54, 1.807) is 30.0 Å². The van der Waals surface area contributed by atoms with E-state index in [9.17, 15) is 9.59 Å². The van der Waals surface area contributed by atoms with Gasteiger partial charge >= 0.3 is 0 Å². The molecule has 2 aromatic rings. The lowest BCUT2D eigenvalue weighted by molar-refractivity contribution is -0.142. The number of halogens is 1. The number of aromatic nitrogens is 2. The van der Waals surface area contributed by atoms with E-state index >= 15 is 0 Å². The number of carbonyl (C=O) groups is 2. The molecule has 1 aromatic carbocycles. The second-order valence-electron chi connectivity index (χ2n) is 6.98. The van der Waals surface area contributed by atoms with Crippen LogP contribution >= 0.6 is 11.6 Å². The van der Waals surface area contributed by atoms with Crippen molar-refractivity contribution in [1.29, 1.82) is 0 Å². The minimum absolute atomic E-state index is 0.0183. The van der Waals surface area contributed by atoms with Crippen molar-refractivity contribution >= 4 is 23.4 Å². The van der Waals surface area contributed by atoms with Crippen molar-refractivity contribution < 1.29 is 14.1 Å². The first-order valence-corrected chi connectivity index (χ1v) is 10.2. The molecule has 154 valence electrons. The molecule has 0 saturated carbocycles. The van der Waals surface area contributed by atoms with E-state index in [1.807, 2.05) is 12.1 Å². The van der Waals surface area contributed by atoms with Crippen LogP contribution < -0.4 is 0 Å². The van der Waals surface area contributed by atoms with Gasteiger partial charge < -0.3 is 14.3 Å². The molecule has 1 unspecified atom stereocenters. The Morgan fingerprint density at radius 3 is 2.97 bits per heavy atom. The monoisotopic (exact) mass is 416 g/mol. The van der Waals surface area contributed by atoms with Crippen LogP contribution in [0, 0.1) is 0 Å². The van der Waals surface area contributed by atoms with Gasteiger partial charge in [0, 0.05) is 30.1 Å². The number of hydrogen-bond acceptors (Lipinski definition) is 5. The molecule has 29 heavy (non-hydrogen) atoms. The van der Waals surface area contributed by atoms with E-state index in [0.717, 1.165) is 24.8 Å². The summed E-state index contributed by atoms with van der Waals surface area (Å²) in [6.45, 7) is 6.42. The topological polar surface area (TPSA) is 79.5 Å². The zero-order valence-electron chi connectivity index (χ0n) is 16.5. The number of likely N-dealkylation sites (tertiary alicyclic amines) is 1. The normalized spacial score (nSPS) is 16.5. The van der Waals surface area contributed by atoms with Crippen LogP contribution in [0.4, 0.5) is 0 Å². The van der Waals surface area contributed by atoms with Gasteiger partial charge in [-0.05, 0) is 31.4 Å². The SMILES string of the molecule is C=CCN(CC(=O)N1CCCCC1c1nc(-c2cccc(Cl)c2)no1)C(=O)CC. The fraction of sp³-hybridized carbons (Fsp3) is 0.429. The lowest BCUT2D eigenvalue weighted by Gasteiger charge is -2.35. The zero-order valence-corrected chi connectivity index (χ0v) is 17.3. The number of rotatable bonds is 7. The average molecular weight is 417 g/mol. The first-order chi connectivity index (χ1) is 14.0. The average Bonchev–Trinajstić information content (AvgIpc) is 3.23. The minimum Gasteiger partial charge on any atom is -0.337 e. The molecule has 1 atom stereocenters. The van der Waals surface area contributed by atoms with Gasteiger partial charge in [0.15, 0.2) is 0 Å². The summed E-state index contributed by atoms with van der Waals surface area (Å²) in [5, 5.41) is 4.66. The molecule has 1 saturated heterocycles. The Morgan fingerprint density at radius 1 is 1.41 bits per heavy atom. The van der Waals surface area contributed by atoms with Crippen LogP contribution in [-0.2, 0) is 9.59 Å². The van der Waals surface area contributed by atoms with Gasteiger partial charge in [-0.15, -0.1) is 6.58 Å². The summed E-state index contributed by atoms with van der Waals surface area (Å²) in [4.78, 5) is 32.9. The molecule has 0 spiro atoms. The fourth-order valence-corrected chi connectivity index (χ4v) is 3.68. The van der Waals surface area contributed by atoms with Crippen molar-refractivity contribution in [3.8, 4) is 11.4 Å². The Kier molecular flexibility index (Phi) is 7.04. The second kappa shape index (κ2) is 9.69. The Hall–Kier alpha value is -2.67. The highest BCUT2D eigenvalue weighted by Crippen LogP contribution is 2.31. The van der Waals surface area contributed by atoms with E-state index in [4.69, 9.17) is 16.1 Å². The zero-order chi connectivity index (χ0) is 20.8. The molecular weight excluding hydrogens is 392 g/mol. The smallest absolute Gasteiger partial charge is 0.249 e. The number of amides is 2. The summed E-state index contributed by atoms with van der Waals surface area (Å²) in [5.74, 6) is 0.647. The van der Waals surface area contributed by atoms with E-state index in [2.05, 4.69) is 16.7 Å². The molecule has 1 aromatic heterocycles. The van der Waals surface area contributed by atoms with Crippen LogP contribution in [0.25, 0.3) is 11.4 Å². The summed E-state index contributed by atoms with van der Waals surface area (Å²) in [6, 6.07) is 6.93. The first kappa shape index (κ1) is 21.0. The largest absolute Gasteiger partial charge is 0.337 e. The van der Waals surface area contributed by atoms with Gasteiger partial charge in [0.05, 0.1) is 0 Å². The third kappa shape index (κ3) is 5.03. The molecule has 0 aliphatic carbocycles. The van der Waals surface area contributed by atoms with Crippen molar-refractivity contribution in [3.05, 3.63) is 47.8 Å². The van der Waals surface area contributed by atoms with Gasteiger partial charge in [-0.2, -0.15) is 4.98 Å². The quantitative estimate of drug-likeness (QED) is 0.640. The molecule has 7 nitrogen and oxygen atoms in total. The van der Waals surface area contributed by atoms with Crippen molar-refractivity contribution in [2.45, 2.75) is 38.6 Å². The predicted molar refractivity (Wildman–Crippen MR) is 110 cm³/mol. The highest BCUT2D eigenvalue weighted by molar-refractivity contribution is 6.30. The van der Waals surface area contributed by atoms with Gasteiger partial charge in [0.2, 0.25) is 23.5 Å². The molecule has 0 radical (unpaired) electrons. The van der Waals surface area contributed by atoms with Gasteiger partial charge in [-0.3, -0.25) is 9.59 Å². The van der Waals surface area contributed by atoms with Crippen LogP contribution in [0.3, 0.4) is 0 Å². The molecule has 2 amide bonds. The summed E-state index contributed by atoms with van der Waals surface area (Å²) < 4.78 is 5.51. The lowest BCUT2D eigenvalue weighted by Crippen LogP contribution is -2.46.